The highest BCUT2D eigenvalue weighted by Crippen LogP contribution is 2.41. The minimum Gasteiger partial charge on any atom is -0.368 e. The van der Waals surface area contributed by atoms with Crippen molar-refractivity contribution in [3.8, 4) is 11.1 Å². The molecule has 226 valence electrons. The normalized spacial score (nSPS) is 14.2. The van der Waals surface area contributed by atoms with Crippen LogP contribution in [-0.4, -0.2) is 48.2 Å². The lowest BCUT2D eigenvalue weighted by molar-refractivity contribution is -0.167. The van der Waals surface area contributed by atoms with Crippen LogP contribution in [0.4, 0.5) is 49.1 Å². The van der Waals surface area contributed by atoms with Gasteiger partial charge in [0.05, 0.1) is 34.2 Å². The summed E-state index contributed by atoms with van der Waals surface area (Å²) in [6.45, 7) is 1.81. The Hall–Kier alpha value is -4.91. The summed E-state index contributed by atoms with van der Waals surface area (Å²) in [7, 11) is 0. The third-order valence-corrected chi connectivity index (χ3v) is 7.33. The Morgan fingerprint density at radius 1 is 0.818 bits per heavy atom. The number of benzene rings is 3. The first-order chi connectivity index (χ1) is 21.0. The molecule has 7 nitrogen and oxygen atoms in total. The van der Waals surface area contributed by atoms with E-state index in [1.54, 1.807) is 29.3 Å². The Kier molecular flexibility index (Phi) is 7.49. The summed E-state index contributed by atoms with van der Waals surface area (Å²) in [5.74, 6) is -2.25. The molecule has 1 aliphatic heterocycles. The molecular formula is C31H24F6N6O. The van der Waals surface area contributed by atoms with Gasteiger partial charge in [-0.05, 0) is 48.0 Å². The summed E-state index contributed by atoms with van der Waals surface area (Å²) in [5, 5.41) is 8.90. The van der Waals surface area contributed by atoms with Crippen molar-refractivity contribution in [1.82, 2.24) is 15.3 Å². The Labute approximate surface area is 246 Å². The molecule has 6 rings (SSSR count). The van der Waals surface area contributed by atoms with Crippen molar-refractivity contribution >= 4 is 50.5 Å². The molecule has 5 aromatic rings. The largest absolute Gasteiger partial charge is 0.471 e. The van der Waals surface area contributed by atoms with Gasteiger partial charge in [0, 0.05) is 60.1 Å². The number of aromatic nitrogens is 2. The summed E-state index contributed by atoms with van der Waals surface area (Å²) < 4.78 is 82.4. The van der Waals surface area contributed by atoms with Crippen LogP contribution in [0, 0.1) is 0 Å². The zero-order chi connectivity index (χ0) is 31.1. The monoisotopic (exact) mass is 610 g/mol. The number of pyridine rings is 2. The molecule has 44 heavy (non-hydrogen) atoms. The first kappa shape index (κ1) is 29.2. The van der Waals surface area contributed by atoms with Crippen molar-refractivity contribution in [2.75, 3.05) is 41.7 Å². The molecule has 3 N–H and O–H groups in total. The van der Waals surface area contributed by atoms with Crippen molar-refractivity contribution in [2.24, 2.45) is 0 Å². The smallest absolute Gasteiger partial charge is 0.368 e. The van der Waals surface area contributed by atoms with Crippen LogP contribution in [0.5, 0.6) is 0 Å². The summed E-state index contributed by atoms with van der Waals surface area (Å²) in [4.78, 5) is 22.2. The van der Waals surface area contributed by atoms with Gasteiger partial charge in [-0.2, -0.15) is 26.3 Å². The van der Waals surface area contributed by atoms with Gasteiger partial charge in [0.2, 0.25) is 0 Å². The van der Waals surface area contributed by atoms with Gasteiger partial charge < -0.3 is 20.9 Å². The number of hydrogen-bond donors (Lipinski definition) is 3. The van der Waals surface area contributed by atoms with E-state index in [2.05, 4.69) is 20.6 Å². The standard InChI is InChI=1S/C31H24F6N6O/c32-30(33,34)23-15-21(6-8-27(23)43-11-9-38-10-12-43)41-28-22-14-18(20-13-19-3-1-2-4-24(19)39-16-20)5-7-25(22)40-17-26(28)42-29(44)31(35,36)37/h1-8,13-17,38H,9-12H2,(H,40,41)(H,42,44). The highest BCUT2D eigenvalue weighted by atomic mass is 19.4. The first-order valence-electron chi connectivity index (χ1n) is 13.6. The maximum atomic E-state index is 14.2. The molecule has 0 atom stereocenters. The molecule has 0 saturated carbocycles. The van der Waals surface area contributed by atoms with Gasteiger partial charge in [-0.15, -0.1) is 0 Å². The second kappa shape index (κ2) is 11.3. The van der Waals surface area contributed by atoms with E-state index in [0.717, 1.165) is 23.2 Å². The van der Waals surface area contributed by atoms with E-state index < -0.39 is 23.8 Å². The number of alkyl halides is 6. The fourth-order valence-electron chi connectivity index (χ4n) is 5.19. The van der Waals surface area contributed by atoms with Gasteiger partial charge >= 0.3 is 18.3 Å². The number of carbonyl (C=O) groups is 1. The average Bonchev–Trinajstić information content (AvgIpc) is 3.01. The molecule has 13 heteroatoms. The van der Waals surface area contributed by atoms with Gasteiger partial charge in [0.25, 0.3) is 0 Å². The number of amides is 1. The average molecular weight is 611 g/mol. The molecule has 0 bridgehead atoms. The van der Waals surface area contributed by atoms with Crippen molar-refractivity contribution < 1.29 is 31.1 Å². The number of fused-ring (bicyclic) bond motifs is 2. The number of carbonyl (C=O) groups excluding carboxylic acids is 1. The number of anilines is 4. The van der Waals surface area contributed by atoms with Crippen LogP contribution in [0.2, 0.25) is 0 Å². The van der Waals surface area contributed by atoms with Gasteiger partial charge in [-0.1, -0.05) is 24.3 Å². The topological polar surface area (TPSA) is 82.2 Å². The number of halogens is 6. The SMILES string of the molecule is O=C(Nc1cnc2ccc(-c3cnc4ccccc4c3)cc2c1Nc1ccc(N2CCNCC2)c(C(F)(F)F)c1)C(F)(F)F. The molecule has 2 aromatic heterocycles. The zero-order valence-electron chi connectivity index (χ0n) is 22.9. The van der Waals surface area contributed by atoms with E-state index >= 15 is 0 Å². The van der Waals surface area contributed by atoms with Crippen molar-refractivity contribution in [2.45, 2.75) is 12.4 Å². The number of rotatable bonds is 5. The van der Waals surface area contributed by atoms with E-state index in [1.807, 2.05) is 35.6 Å². The lowest BCUT2D eigenvalue weighted by atomic mass is 10.0. The number of nitrogens with one attached hydrogen (secondary N) is 3. The molecule has 1 saturated heterocycles. The highest BCUT2D eigenvalue weighted by Gasteiger charge is 2.39. The van der Waals surface area contributed by atoms with Gasteiger partial charge in [-0.3, -0.25) is 14.8 Å². The van der Waals surface area contributed by atoms with Crippen molar-refractivity contribution in [3.05, 3.63) is 84.7 Å². The Morgan fingerprint density at radius 2 is 1.57 bits per heavy atom. The minimum atomic E-state index is -5.21. The number of hydrogen-bond acceptors (Lipinski definition) is 6. The van der Waals surface area contributed by atoms with E-state index in [-0.39, 0.29) is 28.1 Å². The fraction of sp³-hybridized carbons (Fsp3) is 0.194. The van der Waals surface area contributed by atoms with Crippen LogP contribution in [0.1, 0.15) is 5.56 Å². The molecule has 0 radical (unpaired) electrons. The van der Waals surface area contributed by atoms with Crippen molar-refractivity contribution in [1.29, 1.82) is 0 Å². The molecule has 0 unspecified atom stereocenters. The van der Waals surface area contributed by atoms with Crippen LogP contribution >= 0.6 is 0 Å². The third-order valence-electron chi connectivity index (χ3n) is 7.33. The van der Waals surface area contributed by atoms with Crippen LogP contribution < -0.4 is 20.9 Å². The lowest BCUT2D eigenvalue weighted by Crippen LogP contribution is -2.44. The number of nitrogens with zero attached hydrogens (tertiary/aromatic N) is 3. The molecule has 1 fully saturated rings. The highest BCUT2D eigenvalue weighted by molar-refractivity contribution is 6.06. The lowest BCUT2D eigenvalue weighted by Gasteiger charge is -2.32. The molecule has 3 heterocycles. The second-order valence-corrected chi connectivity index (χ2v) is 10.2. The summed E-state index contributed by atoms with van der Waals surface area (Å²) >= 11 is 0. The van der Waals surface area contributed by atoms with E-state index in [1.165, 1.54) is 12.1 Å². The van der Waals surface area contributed by atoms with E-state index in [0.29, 0.717) is 42.8 Å². The maximum Gasteiger partial charge on any atom is 0.471 e. The van der Waals surface area contributed by atoms with Gasteiger partial charge in [0.1, 0.15) is 0 Å². The summed E-state index contributed by atoms with van der Waals surface area (Å²) in [6.07, 6.45) is -7.24. The Bertz CT molecular complexity index is 1870. The van der Waals surface area contributed by atoms with Crippen LogP contribution in [0.15, 0.2) is 79.1 Å². The summed E-state index contributed by atoms with van der Waals surface area (Å²) in [6, 6.07) is 18.0. The van der Waals surface area contributed by atoms with Gasteiger partial charge in [0.15, 0.2) is 0 Å². The molecule has 1 aliphatic rings. The Morgan fingerprint density at radius 3 is 2.32 bits per heavy atom. The maximum absolute atomic E-state index is 14.2. The fourth-order valence-corrected chi connectivity index (χ4v) is 5.19. The Balaban J connectivity index is 1.47. The van der Waals surface area contributed by atoms with E-state index in [9.17, 15) is 31.1 Å². The zero-order valence-corrected chi connectivity index (χ0v) is 22.9. The van der Waals surface area contributed by atoms with E-state index in [4.69, 9.17) is 0 Å². The van der Waals surface area contributed by atoms with Crippen LogP contribution in [0.3, 0.4) is 0 Å². The van der Waals surface area contributed by atoms with Gasteiger partial charge in [-0.25, -0.2) is 0 Å². The predicted molar refractivity (Wildman–Crippen MR) is 157 cm³/mol. The molecule has 3 aromatic carbocycles. The molecule has 0 spiro atoms. The molecular weight excluding hydrogens is 586 g/mol. The number of piperazine rings is 1. The first-order valence-corrected chi connectivity index (χ1v) is 13.6. The molecule has 0 aliphatic carbocycles. The van der Waals surface area contributed by atoms with Crippen LogP contribution in [0.25, 0.3) is 32.9 Å². The van der Waals surface area contributed by atoms with Crippen molar-refractivity contribution in [3.63, 3.8) is 0 Å². The minimum absolute atomic E-state index is 0.000763. The van der Waals surface area contributed by atoms with Crippen LogP contribution in [-0.2, 0) is 11.0 Å². The second-order valence-electron chi connectivity index (χ2n) is 10.2. The quantitative estimate of drug-likeness (QED) is 0.184. The third kappa shape index (κ3) is 5.95. The number of para-hydroxylation sites is 1. The molecule has 1 amide bonds. The summed E-state index contributed by atoms with van der Waals surface area (Å²) in [5.41, 5.74) is 1.09. The predicted octanol–water partition coefficient (Wildman–Crippen LogP) is 7.12.